The van der Waals surface area contributed by atoms with Gasteiger partial charge in [-0.1, -0.05) is 20.8 Å². The van der Waals surface area contributed by atoms with Crippen LogP contribution in [0.3, 0.4) is 0 Å². The molecule has 1 aliphatic heterocycles. The topological polar surface area (TPSA) is 32.3 Å². The van der Waals surface area contributed by atoms with Gasteiger partial charge in [-0.05, 0) is 61.4 Å². The van der Waals surface area contributed by atoms with Crippen LogP contribution in [0.1, 0.15) is 59.3 Å². The smallest absolute Gasteiger partial charge is 0.0771 e. The van der Waals surface area contributed by atoms with E-state index in [0.29, 0.717) is 11.5 Å². The summed E-state index contributed by atoms with van der Waals surface area (Å²) in [5, 5.41) is 14.3. The van der Waals surface area contributed by atoms with Crippen molar-refractivity contribution in [3.8, 4) is 0 Å². The molecule has 1 heterocycles. The molecule has 2 nitrogen and oxygen atoms in total. The zero-order valence-corrected chi connectivity index (χ0v) is 13.7. The molecular weight excluding hydrogens is 254 g/mol. The van der Waals surface area contributed by atoms with Crippen molar-refractivity contribution in [1.82, 2.24) is 5.32 Å². The highest BCUT2D eigenvalue weighted by Crippen LogP contribution is 2.41. The molecule has 2 fully saturated rings. The van der Waals surface area contributed by atoms with Crippen LogP contribution in [0, 0.1) is 11.3 Å². The molecular formula is C16H31NOS. The van der Waals surface area contributed by atoms with Gasteiger partial charge in [0.1, 0.15) is 0 Å². The highest BCUT2D eigenvalue weighted by Gasteiger charge is 2.37. The van der Waals surface area contributed by atoms with E-state index in [1.807, 2.05) is 0 Å². The van der Waals surface area contributed by atoms with Crippen molar-refractivity contribution in [2.24, 2.45) is 11.3 Å². The van der Waals surface area contributed by atoms with Gasteiger partial charge in [-0.15, -0.1) is 0 Å². The summed E-state index contributed by atoms with van der Waals surface area (Å²) in [7, 11) is 0. The second-order valence-electron chi connectivity index (χ2n) is 7.63. The van der Waals surface area contributed by atoms with Crippen LogP contribution in [-0.4, -0.2) is 34.8 Å². The number of nitrogens with one attached hydrogen (secondary N) is 1. The van der Waals surface area contributed by atoms with E-state index >= 15 is 0 Å². The molecule has 0 spiro atoms. The highest BCUT2D eigenvalue weighted by atomic mass is 32.2. The van der Waals surface area contributed by atoms with E-state index in [0.717, 1.165) is 25.3 Å². The fourth-order valence-electron chi connectivity index (χ4n) is 3.43. The minimum absolute atomic E-state index is 0.398. The zero-order chi connectivity index (χ0) is 13.9. The van der Waals surface area contributed by atoms with Crippen molar-refractivity contribution >= 4 is 11.8 Å². The predicted octanol–water partition coefficient (Wildman–Crippen LogP) is 3.44. The Morgan fingerprint density at radius 2 is 1.68 bits per heavy atom. The summed E-state index contributed by atoms with van der Waals surface area (Å²) < 4.78 is 0. The van der Waals surface area contributed by atoms with Crippen LogP contribution in [-0.2, 0) is 0 Å². The Labute approximate surface area is 123 Å². The van der Waals surface area contributed by atoms with Crippen LogP contribution in [0.25, 0.3) is 0 Å². The maximum atomic E-state index is 10.7. The van der Waals surface area contributed by atoms with E-state index in [9.17, 15) is 5.11 Å². The Balaban J connectivity index is 1.75. The molecule has 2 aliphatic rings. The van der Waals surface area contributed by atoms with E-state index in [1.165, 1.54) is 37.2 Å². The monoisotopic (exact) mass is 285 g/mol. The Bertz CT molecular complexity index is 273. The second kappa shape index (κ2) is 6.36. The maximum absolute atomic E-state index is 10.7. The Hall–Kier alpha value is 0.270. The third-order valence-electron chi connectivity index (χ3n) is 5.08. The van der Waals surface area contributed by atoms with Crippen LogP contribution in [0.4, 0.5) is 0 Å². The summed E-state index contributed by atoms with van der Waals surface area (Å²) in [6.45, 7) is 7.80. The number of thioether (sulfide) groups is 1. The summed E-state index contributed by atoms with van der Waals surface area (Å²) in [5.74, 6) is 3.34. The summed E-state index contributed by atoms with van der Waals surface area (Å²) in [4.78, 5) is 0. The van der Waals surface area contributed by atoms with Crippen molar-refractivity contribution in [3.63, 3.8) is 0 Å². The Kier molecular flexibility index (Phi) is 5.24. The van der Waals surface area contributed by atoms with Crippen molar-refractivity contribution in [3.05, 3.63) is 0 Å². The number of aliphatic hydroxyl groups is 1. The van der Waals surface area contributed by atoms with Gasteiger partial charge in [0.05, 0.1) is 5.60 Å². The molecule has 0 aromatic rings. The molecule has 1 saturated carbocycles. The molecule has 0 radical (unpaired) electrons. The molecule has 1 saturated heterocycles. The second-order valence-corrected chi connectivity index (χ2v) is 8.86. The van der Waals surface area contributed by atoms with E-state index in [1.54, 1.807) is 0 Å². The van der Waals surface area contributed by atoms with Crippen LogP contribution in [0.15, 0.2) is 0 Å². The van der Waals surface area contributed by atoms with Gasteiger partial charge in [0, 0.05) is 12.6 Å². The third kappa shape index (κ3) is 4.64. The molecule has 0 atom stereocenters. The first-order valence-electron chi connectivity index (χ1n) is 7.93. The average molecular weight is 285 g/mol. The molecule has 1 aliphatic carbocycles. The lowest BCUT2D eigenvalue weighted by Gasteiger charge is -2.42. The van der Waals surface area contributed by atoms with Crippen LogP contribution in [0.5, 0.6) is 0 Å². The van der Waals surface area contributed by atoms with Crippen LogP contribution < -0.4 is 5.32 Å². The van der Waals surface area contributed by atoms with E-state index in [4.69, 9.17) is 0 Å². The molecule has 0 bridgehead atoms. The average Bonchev–Trinajstić information content (AvgIpc) is 2.37. The Morgan fingerprint density at radius 1 is 1.11 bits per heavy atom. The zero-order valence-electron chi connectivity index (χ0n) is 12.9. The lowest BCUT2D eigenvalue weighted by atomic mass is 9.68. The van der Waals surface area contributed by atoms with Crippen LogP contribution >= 0.6 is 11.8 Å². The van der Waals surface area contributed by atoms with Gasteiger partial charge in [-0.2, -0.15) is 11.8 Å². The summed E-state index contributed by atoms with van der Waals surface area (Å²) >= 11 is 2.06. The molecule has 3 heteroatoms. The fraction of sp³-hybridized carbons (Fsp3) is 1.00. The van der Waals surface area contributed by atoms with E-state index in [-0.39, 0.29) is 0 Å². The van der Waals surface area contributed by atoms with Gasteiger partial charge in [0.25, 0.3) is 0 Å². The number of hydrogen-bond donors (Lipinski definition) is 2. The Morgan fingerprint density at radius 3 is 2.21 bits per heavy atom. The van der Waals surface area contributed by atoms with E-state index < -0.39 is 5.60 Å². The molecule has 19 heavy (non-hydrogen) atoms. The molecule has 112 valence electrons. The van der Waals surface area contributed by atoms with Crippen molar-refractivity contribution < 1.29 is 5.11 Å². The first kappa shape index (κ1) is 15.7. The standard InChI is InChI=1S/C16H31NOS/c1-15(2,3)13-4-8-16(18,9-5-13)12-17-14-6-10-19-11-7-14/h13-14,17-18H,4-12H2,1-3H3. The molecule has 0 amide bonds. The first-order chi connectivity index (χ1) is 8.89. The van der Waals surface area contributed by atoms with Gasteiger partial charge in [-0.25, -0.2) is 0 Å². The van der Waals surface area contributed by atoms with Crippen LogP contribution in [0.2, 0.25) is 0 Å². The predicted molar refractivity (Wildman–Crippen MR) is 84.7 cm³/mol. The van der Waals surface area contributed by atoms with Gasteiger partial charge >= 0.3 is 0 Å². The van der Waals surface area contributed by atoms with E-state index in [2.05, 4.69) is 37.8 Å². The maximum Gasteiger partial charge on any atom is 0.0771 e. The lowest BCUT2D eigenvalue weighted by Crippen LogP contribution is -2.48. The normalized spacial score (nSPS) is 34.4. The van der Waals surface area contributed by atoms with Gasteiger partial charge in [0.15, 0.2) is 0 Å². The van der Waals surface area contributed by atoms with Crippen molar-refractivity contribution in [2.75, 3.05) is 18.1 Å². The van der Waals surface area contributed by atoms with Gasteiger partial charge in [-0.3, -0.25) is 0 Å². The summed E-state index contributed by atoms with van der Waals surface area (Å²) in [5.41, 5.74) is -0.0400. The minimum Gasteiger partial charge on any atom is -0.389 e. The minimum atomic E-state index is -0.438. The third-order valence-corrected chi connectivity index (χ3v) is 6.13. The highest BCUT2D eigenvalue weighted by molar-refractivity contribution is 7.99. The van der Waals surface area contributed by atoms with Crippen molar-refractivity contribution in [1.29, 1.82) is 0 Å². The van der Waals surface area contributed by atoms with Gasteiger partial charge in [0.2, 0.25) is 0 Å². The number of rotatable bonds is 3. The largest absolute Gasteiger partial charge is 0.389 e. The summed E-state index contributed by atoms with van der Waals surface area (Å²) in [6, 6.07) is 0.644. The first-order valence-corrected chi connectivity index (χ1v) is 9.08. The molecule has 0 aromatic carbocycles. The lowest BCUT2D eigenvalue weighted by molar-refractivity contribution is -0.0256. The van der Waals surface area contributed by atoms with Crippen molar-refractivity contribution in [2.45, 2.75) is 70.9 Å². The fourth-order valence-corrected chi connectivity index (χ4v) is 4.54. The summed E-state index contributed by atoms with van der Waals surface area (Å²) in [6.07, 6.45) is 6.86. The molecule has 0 aromatic heterocycles. The quantitative estimate of drug-likeness (QED) is 0.833. The molecule has 2 rings (SSSR count). The van der Waals surface area contributed by atoms with Gasteiger partial charge < -0.3 is 10.4 Å². The SMILES string of the molecule is CC(C)(C)C1CCC(O)(CNC2CCSCC2)CC1. The molecule has 2 N–H and O–H groups in total. The molecule has 0 unspecified atom stereocenters. The number of hydrogen-bond acceptors (Lipinski definition) is 3.